The first-order valence-corrected chi connectivity index (χ1v) is 7.11. The number of carboxylic acids is 1. The number of amides is 1. The first kappa shape index (κ1) is 19.1. The van der Waals surface area contributed by atoms with Gasteiger partial charge in [0.15, 0.2) is 0 Å². The maximum absolute atomic E-state index is 11.9. The van der Waals surface area contributed by atoms with Gasteiger partial charge in [0.2, 0.25) is 5.91 Å². The zero-order valence-electron chi connectivity index (χ0n) is 11.5. The summed E-state index contributed by atoms with van der Waals surface area (Å²) in [6.07, 6.45) is 0.315. The largest absolute Gasteiger partial charge is 1.00 e. The summed E-state index contributed by atoms with van der Waals surface area (Å²) in [6.45, 7) is 1.74. The van der Waals surface area contributed by atoms with Gasteiger partial charge in [-0.05, 0) is 25.0 Å². The van der Waals surface area contributed by atoms with Crippen molar-refractivity contribution in [2.75, 3.05) is 0 Å². The second-order valence-electron chi connectivity index (χ2n) is 4.76. The second kappa shape index (κ2) is 7.53. The van der Waals surface area contributed by atoms with Crippen molar-refractivity contribution in [1.29, 1.82) is 0 Å². The monoisotopic (exact) mass is 357 g/mol. The molecule has 0 unspecified atom stereocenters. The van der Waals surface area contributed by atoms with Crippen LogP contribution < -0.4 is 40.0 Å². The zero-order valence-corrected chi connectivity index (χ0v) is 15.7. The van der Waals surface area contributed by atoms with Crippen LogP contribution in [0.3, 0.4) is 0 Å². The number of rotatable bonds is 4. The van der Waals surface area contributed by atoms with Crippen molar-refractivity contribution in [2.45, 2.75) is 19.4 Å². The Morgan fingerprint density at radius 3 is 2.38 bits per heavy atom. The zero-order chi connectivity index (χ0) is 15.0. The van der Waals surface area contributed by atoms with E-state index >= 15 is 0 Å². The Bertz CT molecular complexity index is 582. The summed E-state index contributed by atoms with van der Waals surface area (Å²) in [5, 5.41) is 14.2. The first-order chi connectivity index (χ1) is 9.32. The predicted molar refractivity (Wildman–Crippen MR) is 74.6 cm³/mol. The summed E-state index contributed by atoms with van der Waals surface area (Å²) in [5.41, 5.74) is 0.625. The van der Waals surface area contributed by atoms with Gasteiger partial charge in [-0.15, -0.1) is 0 Å². The smallest absolute Gasteiger partial charge is 0.550 e. The molecule has 2 rings (SSSR count). The van der Waals surface area contributed by atoms with E-state index < -0.39 is 23.8 Å². The van der Waals surface area contributed by atoms with Gasteiger partial charge in [-0.3, -0.25) is 4.79 Å². The molecule has 0 aliphatic heterocycles. The summed E-state index contributed by atoms with van der Waals surface area (Å²) in [5.74, 6) is -2.73. The quantitative estimate of drug-likeness (QED) is 0.567. The van der Waals surface area contributed by atoms with Crippen LogP contribution in [0, 0.1) is 11.8 Å². The standard InChI is InChI=1S/C13H12Cl3NO3.Na/c1-5(6-2-3-9(14)11(16)10(6)15)17-12(18)7-4-8(7)13(19)20;/h2-3,5,7-8H,4H2,1H3,(H,17,18)(H,19,20);/q;+1/p-1/t5-,7+,8-;/m0./s1. The predicted octanol–water partition coefficient (Wildman–Crippen LogP) is -0.786. The Morgan fingerprint density at radius 1 is 1.24 bits per heavy atom. The summed E-state index contributed by atoms with van der Waals surface area (Å²) in [4.78, 5) is 22.5. The molecule has 0 radical (unpaired) electrons. The molecular formula is C13H11Cl3NNaO3. The number of hydrogen-bond donors (Lipinski definition) is 1. The second-order valence-corrected chi connectivity index (χ2v) is 5.93. The summed E-state index contributed by atoms with van der Waals surface area (Å²) >= 11 is 17.9. The van der Waals surface area contributed by atoms with Crippen molar-refractivity contribution in [1.82, 2.24) is 5.32 Å². The van der Waals surface area contributed by atoms with Crippen molar-refractivity contribution in [2.24, 2.45) is 11.8 Å². The molecule has 4 nitrogen and oxygen atoms in total. The van der Waals surface area contributed by atoms with Crippen LogP contribution in [0.5, 0.6) is 0 Å². The van der Waals surface area contributed by atoms with E-state index in [9.17, 15) is 14.7 Å². The first-order valence-electron chi connectivity index (χ1n) is 5.97. The van der Waals surface area contributed by atoms with Gasteiger partial charge < -0.3 is 15.2 Å². The molecule has 0 spiro atoms. The minimum Gasteiger partial charge on any atom is -0.550 e. The number of aliphatic carboxylic acids is 1. The SMILES string of the molecule is C[C@H](NC(=O)[C@@H]1C[C@@H]1C(=O)[O-])c1ccc(Cl)c(Cl)c1Cl.[Na+]. The van der Waals surface area contributed by atoms with E-state index in [2.05, 4.69) is 5.32 Å². The third kappa shape index (κ3) is 4.27. The third-order valence-corrected chi connectivity index (χ3v) is 4.63. The Kier molecular flexibility index (Phi) is 6.84. The molecule has 1 aliphatic carbocycles. The van der Waals surface area contributed by atoms with Gasteiger partial charge in [0, 0.05) is 17.8 Å². The fraction of sp³-hybridized carbons (Fsp3) is 0.385. The molecule has 0 bridgehead atoms. The van der Waals surface area contributed by atoms with Gasteiger partial charge in [-0.25, -0.2) is 0 Å². The Labute approximate surface area is 159 Å². The van der Waals surface area contributed by atoms with Crippen LogP contribution in [0.15, 0.2) is 12.1 Å². The van der Waals surface area contributed by atoms with E-state index in [4.69, 9.17) is 34.8 Å². The molecule has 8 heteroatoms. The van der Waals surface area contributed by atoms with Gasteiger partial charge in [0.1, 0.15) is 0 Å². The van der Waals surface area contributed by atoms with E-state index in [-0.39, 0.29) is 45.5 Å². The van der Waals surface area contributed by atoms with Crippen molar-refractivity contribution >= 4 is 46.7 Å². The van der Waals surface area contributed by atoms with E-state index in [0.29, 0.717) is 17.0 Å². The van der Waals surface area contributed by atoms with E-state index in [1.54, 1.807) is 19.1 Å². The summed E-state index contributed by atoms with van der Waals surface area (Å²) in [6, 6.07) is 2.87. The number of halogens is 3. The number of carbonyl (C=O) groups is 2. The molecule has 0 aromatic heterocycles. The average molecular weight is 359 g/mol. The van der Waals surface area contributed by atoms with Crippen LogP contribution in [-0.4, -0.2) is 11.9 Å². The van der Waals surface area contributed by atoms with Crippen LogP contribution >= 0.6 is 34.8 Å². The van der Waals surface area contributed by atoms with Crippen LogP contribution in [0.1, 0.15) is 24.9 Å². The van der Waals surface area contributed by atoms with Crippen molar-refractivity contribution < 1.29 is 44.3 Å². The Balaban J connectivity index is 0.00000220. The normalized spacial score (nSPS) is 21.1. The average Bonchev–Trinajstić information content (AvgIpc) is 3.16. The maximum Gasteiger partial charge on any atom is 1.00 e. The number of hydrogen-bond acceptors (Lipinski definition) is 3. The van der Waals surface area contributed by atoms with Crippen molar-refractivity contribution in [3.63, 3.8) is 0 Å². The molecule has 1 amide bonds. The van der Waals surface area contributed by atoms with Gasteiger partial charge in [-0.2, -0.15) is 0 Å². The number of carbonyl (C=O) groups excluding carboxylic acids is 2. The van der Waals surface area contributed by atoms with Gasteiger partial charge >= 0.3 is 29.6 Å². The molecule has 0 heterocycles. The number of nitrogens with one attached hydrogen (secondary N) is 1. The Morgan fingerprint density at radius 2 is 1.86 bits per heavy atom. The summed E-state index contributed by atoms with van der Waals surface area (Å²) < 4.78 is 0. The maximum atomic E-state index is 11.9. The fourth-order valence-corrected chi connectivity index (χ4v) is 2.73. The fourth-order valence-electron chi connectivity index (χ4n) is 2.02. The van der Waals surface area contributed by atoms with Crippen LogP contribution in [0.4, 0.5) is 0 Å². The third-order valence-electron chi connectivity index (χ3n) is 3.32. The molecular weight excluding hydrogens is 347 g/mol. The molecule has 3 atom stereocenters. The molecule has 1 aliphatic rings. The molecule has 1 saturated carbocycles. The molecule has 1 fully saturated rings. The molecule has 0 saturated heterocycles. The number of carboxylic acid groups (broad SMARTS) is 1. The van der Waals surface area contributed by atoms with E-state index in [1.165, 1.54) is 0 Å². The van der Waals surface area contributed by atoms with Gasteiger partial charge in [0.25, 0.3) is 0 Å². The minimum absolute atomic E-state index is 0. The minimum atomic E-state index is -1.19. The van der Waals surface area contributed by atoms with Gasteiger partial charge in [0.05, 0.1) is 21.1 Å². The molecule has 1 N–H and O–H groups in total. The van der Waals surface area contributed by atoms with Gasteiger partial charge in [-0.1, -0.05) is 40.9 Å². The van der Waals surface area contributed by atoms with Crippen LogP contribution in [-0.2, 0) is 9.59 Å². The summed E-state index contributed by atoms with van der Waals surface area (Å²) in [7, 11) is 0. The Hall–Kier alpha value is 0.0300. The molecule has 21 heavy (non-hydrogen) atoms. The van der Waals surface area contributed by atoms with E-state index in [0.717, 1.165) is 0 Å². The molecule has 108 valence electrons. The molecule has 1 aromatic carbocycles. The van der Waals surface area contributed by atoms with Crippen molar-refractivity contribution in [3.8, 4) is 0 Å². The van der Waals surface area contributed by atoms with Crippen LogP contribution in [0.25, 0.3) is 0 Å². The van der Waals surface area contributed by atoms with Crippen molar-refractivity contribution in [3.05, 3.63) is 32.8 Å². The van der Waals surface area contributed by atoms with Crippen LogP contribution in [0.2, 0.25) is 15.1 Å². The topological polar surface area (TPSA) is 69.2 Å². The molecule has 1 aromatic rings. The van der Waals surface area contributed by atoms with E-state index in [1.807, 2.05) is 0 Å². The number of benzene rings is 1.